The van der Waals surface area contributed by atoms with Gasteiger partial charge in [-0.15, -0.1) is 0 Å². The van der Waals surface area contributed by atoms with Crippen LogP contribution in [-0.4, -0.2) is 29.3 Å². The Hall–Kier alpha value is -4.40. The van der Waals surface area contributed by atoms with Crippen molar-refractivity contribution < 1.29 is 32.3 Å². The normalized spacial score (nSPS) is 16.4. The van der Waals surface area contributed by atoms with E-state index in [1.165, 1.54) is 17.0 Å². The van der Waals surface area contributed by atoms with Crippen molar-refractivity contribution in [2.45, 2.75) is 51.9 Å². The maximum absolute atomic E-state index is 13.3. The topological polar surface area (TPSA) is 75.7 Å². The molecular weight excluding hydrogens is 533 g/mol. The number of halogens is 3. The summed E-state index contributed by atoms with van der Waals surface area (Å²) in [7, 11) is 0. The van der Waals surface area contributed by atoms with Gasteiger partial charge in [-0.3, -0.25) is 9.59 Å². The number of benzene rings is 3. The molecule has 0 bridgehead atoms. The molecule has 0 unspecified atom stereocenters. The standard InChI is InChI=1S/C32H31F3N2O4/c1-4-41-31(40)29-21(3)37(28(38)18-27(29)24-14-16-26(17-15-24)32(33,34)35)19-22-10-12-25(13-11-22)30(39)36-20(2)23-8-6-5-7-9-23/h5-17,20,27H,4,18-19H2,1-3H3,(H,36,39)/t20-,27-/m0/s1. The van der Waals surface area contributed by atoms with E-state index >= 15 is 0 Å². The van der Waals surface area contributed by atoms with Crippen LogP contribution in [0.25, 0.3) is 0 Å². The SMILES string of the molecule is CCOC(=O)C1=C(C)N(Cc2ccc(C(=O)N[C@@H](C)c3ccccc3)cc2)C(=O)C[C@H]1c1ccc(C(F)(F)F)cc1. The summed E-state index contributed by atoms with van der Waals surface area (Å²) >= 11 is 0. The van der Waals surface area contributed by atoms with Gasteiger partial charge in [0.25, 0.3) is 5.91 Å². The molecule has 0 saturated heterocycles. The number of hydrogen-bond donors (Lipinski definition) is 1. The van der Waals surface area contributed by atoms with Gasteiger partial charge in [0.2, 0.25) is 5.91 Å². The summed E-state index contributed by atoms with van der Waals surface area (Å²) in [6, 6.07) is 20.7. The minimum Gasteiger partial charge on any atom is -0.463 e. The zero-order chi connectivity index (χ0) is 29.7. The number of alkyl halides is 3. The summed E-state index contributed by atoms with van der Waals surface area (Å²) in [5.74, 6) is -1.87. The molecule has 214 valence electrons. The van der Waals surface area contributed by atoms with E-state index in [-0.39, 0.29) is 43.0 Å². The zero-order valence-corrected chi connectivity index (χ0v) is 23.0. The van der Waals surface area contributed by atoms with Crippen LogP contribution in [0.1, 0.15) is 71.8 Å². The lowest BCUT2D eigenvalue weighted by Crippen LogP contribution is -2.38. The molecule has 9 heteroatoms. The molecule has 3 aromatic rings. The molecule has 0 aromatic heterocycles. The Morgan fingerprint density at radius 3 is 2.22 bits per heavy atom. The maximum atomic E-state index is 13.3. The average molecular weight is 565 g/mol. The van der Waals surface area contributed by atoms with E-state index in [4.69, 9.17) is 4.74 Å². The van der Waals surface area contributed by atoms with Gasteiger partial charge < -0.3 is 15.0 Å². The van der Waals surface area contributed by atoms with Crippen LogP contribution in [0.2, 0.25) is 0 Å². The maximum Gasteiger partial charge on any atom is 0.416 e. The Morgan fingerprint density at radius 2 is 1.63 bits per heavy atom. The molecule has 3 aromatic carbocycles. The van der Waals surface area contributed by atoms with Gasteiger partial charge in [-0.05, 0) is 61.7 Å². The van der Waals surface area contributed by atoms with Gasteiger partial charge >= 0.3 is 12.1 Å². The quantitative estimate of drug-likeness (QED) is 0.315. The molecule has 0 radical (unpaired) electrons. The molecule has 41 heavy (non-hydrogen) atoms. The second-order valence-corrected chi connectivity index (χ2v) is 9.88. The summed E-state index contributed by atoms with van der Waals surface area (Å²) in [5, 5.41) is 2.97. The van der Waals surface area contributed by atoms with Crippen LogP contribution >= 0.6 is 0 Å². The third-order valence-electron chi connectivity index (χ3n) is 7.16. The summed E-state index contributed by atoms with van der Waals surface area (Å²) in [4.78, 5) is 40.5. The molecule has 1 N–H and O–H groups in total. The van der Waals surface area contributed by atoms with Crippen molar-refractivity contribution >= 4 is 17.8 Å². The van der Waals surface area contributed by atoms with E-state index < -0.39 is 23.6 Å². The van der Waals surface area contributed by atoms with Crippen molar-refractivity contribution in [3.8, 4) is 0 Å². The number of hydrogen-bond acceptors (Lipinski definition) is 4. The molecule has 2 atom stereocenters. The molecule has 0 aliphatic carbocycles. The highest BCUT2D eigenvalue weighted by atomic mass is 19.4. The molecule has 1 aliphatic rings. The molecule has 0 fully saturated rings. The lowest BCUT2D eigenvalue weighted by atomic mass is 9.83. The van der Waals surface area contributed by atoms with E-state index in [1.54, 1.807) is 38.1 Å². The first kappa shape index (κ1) is 29.6. The Bertz CT molecular complexity index is 1430. The fraction of sp³-hybridized carbons (Fsp3) is 0.281. The van der Waals surface area contributed by atoms with E-state index in [9.17, 15) is 27.6 Å². The van der Waals surface area contributed by atoms with Crippen LogP contribution in [0.5, 0.6) is 0 Å². The second kappa shape index (κ2) is 12.4. The number of ether oxygens (including phenoxy) is 1. The lowest BCUT2D eigenvalue weighted by Gasteiger charge is -2.34. The molecule has 1 heterocycles. The predicted octanol–water partition coefficient (Wildman–Crippen LogP) is 6.55. The van der Waals surface area contributed by atoms with Crippen molar-refractivity contribution in [3.05, 3.63) is 118 Å². The largest absolute Gasteiger partial charge is 0.463 e. The molecular formula is C32H31F3N2O4. The minimum atomic E-state index is -4.50. The Balaban J connectivity index is 1.54. The van der Waals surface area contributed by atoms with Gasteiger partial charge in [0.15, 0.2) is 0 Å². The summed E-state index contributed by atoms with van der Waals surface area (Å²) < 4.78 is 44.5. The van der Waals surface area contributed by atoms with Crippen LogP contribution in [-0.2, 0) is 27.0 Å². The van der Waals surface area contributed by atoms with Gasteiger partial charge in [0.1, 0.15) is 0 Å². The van der Waals surface area contributed by atoms with Gasteiger partial charge in [-0.1, -0.05) is 54.6 Å². The summed E-state index contributed by atoms with van der Waals surface area (Å²) in [6.07, 6.45) is -4.60. The molecule has 2 amide bonds. The van der Waals surface area contributed by atoms with E-state index in [0.29, 0.717) is 16.8 Å². The number of carbonyl (C=O) groups excluding carboxylic acids is 3. The minimum absolute atomic E-state index is 0.102. The predicted molar refractivity (Wildman–Crippen MR) is 147 cm³/mol. The van der Waals surface area contributed by atoms with E-state index in [2.05, 4.69) is 5.32 Å². The molecule has 0 saturated carbocycles. The van der Waals surface area contributed by atoms with Crippen molar-refractivity contribution in [3.63, 3.8) is 0 Å². The third-order valence-corrected chi connectivity index (χ3v) is 7.16. The number of esters is 1. The Labute approximate surface area is 236 Å². The number of nitrogens with one attached hydrogen (secondary N) is 1. The van der Waals surface area contributed by atoms with Gasteiger partial charge in [-0.2, -0.15) is 13.2 Å². The van der Waals surface area contributed by atoms with Crippen molar-refractivity contribution in [2.75, 3.05) is 6.61 Å². The number of amides is 2. The number of allylic oxidation sites excluding steroid dienone is 1. The van der Waals surface area contributed by atoms with Crippen molar-refractivity contribution in [1.82, 2.24) is 10.2 Å². The number of nitrogens with zero attached hydrogens (tertiary/aromatic N) is 1. The smallest absolute Gasteiger partial charge is 0.416 e. The first-order valence-corrected chi connectivity index (χ1v) is 13.3. The molecule has 6 nitrogen and oxygen atoms in total. The molecule has 4 rings (SSSR count). The number of carbonyl (C=O) groups is 3. The number of rotatable bonds is 8. The lowest BCUT2D eigenvalue weighted by molar-refractivity contribution is -0.140. The summed E-state index contributed by atoms with van der Waals surface area (Å²) in [5.41, 5.74) is 2.41. The van der Waals surface area contributed by atoms with Gasteiger partial charge in [0, 0.05) is 23.6 Å². The Kier molecular flexibility index (Phi) is 8.95. The second-order valence-electron chi connectivity index (χ2n) is 9.88. The fourth-order valence-corrected chi connectivity index (χ4v) is 4.92. The van der Waals surface area contributed by atoms with Crippen LogP contribution in [0.4, 0.5) is 13.2 Å². The van der Waals surface area contributed by atoms with Crippen molar-refractivity contribution in [1.29, 1.82) is 0 Å². The van der Waals surface area contributed by atoms with Crippen molar-refractivity contribution in [2.24, 2.45) is 0 Å². The fourth-order valence-electron chi connectivity index (χ4n) is 4.92. The van der Waals surface area contributed by atoms with Gasteiger partial charge in [-0.25, -0.2) is 4.79 Å². The molecule has 1 aliphatic heterocycles. The van der Waals surface area contributed by atoms with Gasteiger partial charge in [0.05, 0.1) is 30.3 Å². The third kappa shape index (κ3) is 6.85. The van der Waals surface area contributed by atoms with Crippen LogP contribution < -0.4 is 5.32 Å². The van der Waals surface area contributed by atoms with Crippen LogP contribution in [0.3, 0.4) is 0 Å². The van der Waals surface area contributed by atoms with E-state index in [1.807, 2.05) is 37.3 Å². The van der Waals surface area contributed by atoms with E-state index in [0.717, 1.165) is 23.3 Å². The van der Waals surface area contributed by atoms with Crippen LogP contribution in [0.15, 0.2) is 90.1 Å². The first-order valence-electron chi connectivity index (χ1n) is 13.3. The average Bonchev–Trinajstić information content (AvgIpc) is 2.95. The Morgan fingerprint density at radius 1 is 1.00 bits per heavy atom. The first-order chi connectivity index (χ1) is 19.5. The molecule has 0 spiro atoms. The zero-order valence-electron chi connectivity index (χ0n) is 23.0. The summed E-state index contributed by atoms with van der Waals surface area (Å²) in [6.45, 7) is 5.45. The highest BCUT2D eigenvalue weighted by Gasteiger charge is 2.37. The monoisotopic (exact) mass is 564 g/mol. The van der Waals surface area contributed by atoms with Crippen LogP contribution in [0, 0.1) is 0 Å². The highest BCUT2D eigenvalue weighted by Crippen LogP contribution is 2.39. The highest BCUT2D eigenvalue weighted by molar-refractivity contribution is 5.96.